The molecule has 3 amide bonds. The van der Waals surface area contributed by atoms with Gasteiger partial charge in [0.05, 0.1) is 0 Å². The quantitative estimate of drug-likeness (QED) is 0.636. The maximum atomic E-state index is 12.5. The first-order chi connectivity index (χ1) is 13.9. The van der Waals surface area contributed by atoms with Crippen LogP contribution >= 0.6 is 0 Å². The van der Waals surface area contributed by atoms with E-state index in [1.54, 1.807) is 6.07 Å². The van der Waals surface area contributed by atoms with Gasteiger partial charge in [0.1, 0.15) is 0 Å². The zero-order valence-corrected chi connectivity index (χ0v) is 16.3. The Morgan fingerprint density at radius 1 is 1.07 bits per heavy atom. The minimum Gasteiger partial charge on any atom is -0.326 e. The van der Waals surface area contributed by atoms with E-state index in [9.17, 15) is 14.4 Å². The van der Waals surface area contributed by atoms with Crippen molar-refractivity contribution in [1.29, 1.82) is 0 Å². The third kappa shape index (κ3) is 3.73. The van der Waals surface area contributed by atoms with Crippen LogP contribution in [0.15, 0.2) is 53.6 Å². The predicted molar refractivity (Wildman–Crippen MR) is 106 cm³/mol. The van der Waals surface area contributed by atoms with Gasteiger partial charge in [0.15, 0.2) is 0 Å². The standard InChI is InChI=1S/C21H21N5O3/c1-14-6-8-17(9-7-14)24-10-11-25-19(28)20(29)26(23-21(24)25)13-18(27)22-16-5-3-4-15(2)12-16/h3-9,12,21H,10-11,13H2,1-2H3/p+1. The fraction of sp³-hybridized carbons (Fsp3) is 0.286. The topological polar surface area (TPSA) is 85.1 Å². The molecule has 0 aliphatic carbocycles. The van der Waals surface area contributed by atoms with Crippen LogP contribution in [0.25, 0.3) is 0 Å². The normalized spacial score (nSPS) is 18.6. The van der Waals surface area contributed by atoms with Crippen LogP contribution in [0.5, 0.6) is 0 Å². The van der Waals surface area contributed by atoms with Gasteiger partial charge in [-0.25, -0.2) is 4.79 Å². The molecule has 148 valence electrons. The molecule has 2 aromatic rings. The van der Waals surface area contributed by atoms with Crippen LogP contribution in [0.4, 0.5) is 11.4 Å². The molecule has 1 fully saturated rings. The van der Waals surface area contributed by atoms with Gasteiger partial charge in [-0.05, 0) is 48.4 Å². The second-order valence-corrected chi connectivity index (χ2v) is 7.27. The Kier molecular flexibility index (Phi) is 4.84. The number of amides is 3. The van der Waals surface area contributed by atoms with Crippen LogP contribution in [0.1, 0.15) is 11.1 Å². The van der Waals surface area contributed by atoms with Crippen molar-refractivity contribution in [3.63, 3.8) is 0 Å². The first kappa shape index (κ1) is 18.8. The van der Waals surface area contributed by atoms with Crippen LogP contribution < -0.4 is 10.2 Å². The molecule has 2 aliphatic heterocycles. The summed E-state index contributed by atoms with van der Waals surface area (Å²) < 4.78 is 0.973. The number of hydrogen-bond donors (Lipinski definition) is 1. The number of rotatable bonds is 4. The van der Waals surface area contributed by atoms with E-state index < -0.39 is 24.0 Å². The van der Waals surface area contributed by atoms with Crippen molar-refractivity contribution >= 4 is 29.1 Å². The van der Waals surface area contributed by atoms with E-state index in [0.29, 0.717) is 18.8 Å². The maximum Gasteiger partial charge on any atom is 0.502 e. The van der Waals surface area contributed by atoms with Crippen LogP contribution in [-0.4, -0.2) is 53.2 Å². The summed E-state index contributed by atoms with van der Waals surface area (Å²) in [5, 5.41) is 7.15. The number of anilines is 2. The van der Waals surface area contributed by atoms with Crippen LogP contribution in [0.3, 0.4) is 0 Å². The molecular formula is C21H22N5O3+. The van der Waals surface area contributed by atoms with Crippen molar-refractivity contribution in [2.75, 3.05) is 29.9 Å². The first-order valence-electron chi connectivity index (χ1n) is 9.45. The van der Waals surface area contributed by atoms with Crippen molar-refractivity contribution in [3.05, 3.63) is 59.7 Å². The molecule has 0 radical (unpaired) electrons. The molecule has 1 N–H and O–H groups in total. The molecule has 0 bridgehead atoms. The molecule has 2 aliphatic rings. The SMILES string of the molecule is Cc1ccc(N2CCN3C(=O)C(=O)[N+](CC(=O)Nc4cccc(C)c4)=NC32)cc1. The fourth-order valence-corrected chi connectivity index (χ4v) is 3.53. The van der Waals surface area contributed by atoms with E-state index in [-0.39, 0.29) is 6.54 Å². The maximum absolute atomic E-state index is 12.5. The summed E-state index contributed by atoms with van der Waals surface area (Å²) in [7, 11) is 0. The molecule has 4 rings (SSSR count). The lowest BCUT2D eigenvalue weighted by atomic mass is 10.2. The molecule has 1 unspecified atom stereocenters. The molecule has 29 heavy (non-hydrogen) atoms. The van der Waals surface area contributed by atoms with Crippen molar-refractivity contribution in [2.24, 2.45) is 5.11 Å². The lowest BCUT2D eigenvalue weighted by molar-refractivity contribution is -0.509. The molecule has 0 aromatic heterocycles. The highest BCUT2D eigenvalue weighted by Crippen LogP contribution is 2.27. The molecule has 2 aromatic carbocycles. The van der Waals surface area contributed by atoms with E-state index in [1.165, 1.54) is 4.90 Å². The Bertz CT molecular complexity index is 1020. The zero-order chi connectivity index (χ0) is 20.5. The molecule has 2 heterocycles. The first-order valence-corrected chi connectivity index (χ1v) is 9.45. The summed E-state index contributed by atoms with van der Waals surface area (Å²) in [4.78, 5) is 40.8. The number of carbonyl (C=O) groups is 3. The third-order valence-electron chi connectivity index (χ3n) is 5.02. The van der Waals surface area contributed by atoms with Gasteiger partial charge in [-0.3, -0.25) is 14.5 Å². The van der Waals surface area contributed by atoms with E-state index in [1.807, 2.05) is 61.2 Å². The summed E-state index contributed by atoms with van der Waals surface area (Å²) in [5.41, 5.74) is 3.69. The Hall–Kier alpha value is -3.55. The van der Waals surface area contributed by atoms with Gasteiger partial charge in [-0.15, -0.1) is 0 Å². The fourth-order valence-electron chi connectivity index (χ4n) is 3.53. The smallest absolute Gasteiger partial charge is 0.326 e. The monoisotopic (exact) mass is 392 g/mol. The molecular weight excluding hydrogens is 370 g/mol. The zero-order valence-electron chi connectivity index (χ0n) is 16.3. The van der Waals surface area contributed by atoms with Gasteiger partial charge in [0.2, 0.25) is 0 Å². The number of nitrogens with one attached hydrogen (secondary N) is 1. The highest BCUT2D eigenvalue weighted by molar-refractivity contribution is 6.32. The van der Waals surface area contributed by atoms with Gasteiger partial charge in [-0.1, -0.05) is 29.8 Å². The minimum absolute atomic E-state index is 0.315. The number of hydrogen-bond acceptors (Lipinski definition) is 5. The molecule has 8 heteroatoms. The molecule has 8 nitrogen and oxygen atoms in total. The lowest BCUT2D eigenvalue weighted by Crippen LogP contribution is -2.52. The highest BCUT2D eigenvalue weighted by atomic mass is 16.2. The Labute approximate surface area is 168 Å². The summed E-state index contributed by atoms with van der Waals surface area (Å²) in [6.45, 7) is 4.59. The third-order valence-corrected chi connectivity index (χ3v) is 5.02. The van der Waals surface area contributed by atoms with Gasteiger partial charge in [0.25, 0.3) is 18.7 Å². The number of nitrogens with zero attached hydrogens (tertiary/aromatic N) is 4. The van der Waals surface area contributed by atoms with Crippen molar-refractivity contribution < 1.29 is 19.1 Å². The minimum atomic E-state index is -0.786. The van der Waals surface area contributed by atoms with Crippen molar-refractivity contribution in [3.8, 4) is 0 Å². The predicted octanol–water partition coefficient (Wildman–Crippen LogP) is 1.88. The second-order valence-electron chi connectivity index (χ2n) is 7.27. The summed E-state index contributed by atoms with van der Waals surface area (Å²) in [5.74, 6) is -1.83. The molecule has 1 saturated heterocycles. The number of benzene rings is 2. The Balaban J connectivity index is 1.55. The van der Waals surface area contributed by atoms with E-state index >= 15 is 0 Å². The van der Waals surface area contributed by atoms with Crippen LogP contribution in [-0.2, 0) is 14.4 Å². The number of aryl methyl sites for hydroxylation is 2. The van der Waals surface area contributed by atoms with Crippen molar-refractivity contribution in [1.82, 2.24) is 4.90 Å². The van der Waals surface area contributed by atoms with Crippen LogP contribution in [0.2, 0.25) is 0 Å². The highest BCUT2D eigenvalue weighted by Gasteiger charge is 2.49. The Morgan fingerprint density at radius 2 is 1.79 bits per heavy atom. The van der Waals surface area contributed by atoms with Gasteiger partial charge in [0, 0.05) is 29.6 Å². The summed E-state index contributed by atoms with van der Waals surface area (Å²) in [6, 6.07) is 15.3. The van der Waals surface area contributed by atoms with Gasteiger partial charge >= 0.3 is 11.8 Å². The summed E-state index contributed by atoms with van der Waals surface area (Å²) >= 11 is 0. The van der Waals surface area contributed by atoms with Crippen LogP contribution in [0, 0.1) is 13.8 Å². The lowest BCUT2D eigenvalue weighted by Gasteiger charge is -2.27. The van der Waals surface area contributed by atoms with Crippen molar-refractivity contribution in [2.45, 2.75) is 20.1 Å². The van der Waals surface area contributed by atoms with Gasteiger partial charge in [-0.2, -0.15) is 0 Å². The average molecular weight is 392 g/mol. The molecule has 0 spiro atoms. The largest absolute Gasteiger partial charge is 0.502 e. The second kappa shape index (κ2) is 7.46. The molecule has 0 saturated carbocycles. The number of carbonyl (C=O) groups excluding carboxylic acids is 3. The van der Waals surface area contributed by atoms with E-state index in [2.05, 4.69) is 10.4 Å². The summed E-state index contributed by atoms with van der Waals surface area (Å²) in [6.07, 6.45) is -0.630. The number of fused-ring (bicyclic) bond motifs is 1. The van der Waals surface area contributed by atoms with E-state index in [4.69, 9.17) is 0 Å². The average Bonchev–Trinajstić information content (AvgIpc) is 3.10. The van der Waals surface area contributed by atoms with Gasteiger partial charge < -0.3 is 10.2 Å². The number of azo groups is 2. The van der Waals surface area contributed by atoms with E-state index in [0.717, 1.165) is 21.5 Å². The Morgan fingerprint density at radius 3 is 2.52 bits per heavy atom. The molecule has 1 atom stereocenters.